The molecule has 580 valence electrons. The predicted octanol–water partition coefficient (Wildman–Crippen LogP) is 13.3. The second-order valence-electron chi connectivity index (χ2n) is 28.9. The van der Waals surface area contributed by atoms with Crippen molar-refractivity contribution in [3.05, 3.63) is 48.6 Å². The number of ether oxygens (including phenoxy) is 6. The Hall–Kier alpha value is -2.25. The lowest BCUT2D eigenvalue weighted by Crippen LogP contribution is -2.66. The van der Waals surface area contributed by atoms with Gasteiger partial charge in [-0.05, 0) is 51.4 Å². The number of carbonyl (C=O) groups excluding carboxylic acids is 1. The number of carbonyl (C=O) groups is 1. The molecule has 12 N–H and O–H groups in total. The smallest absolute Gasteiger partial charge is 0.220 e. The minimum absolute atomic E-state index is 0.237. The summed E-state index contributed by atoms with van der Waals surface area (Å²) in [6.45, 7) is 1.72. The van der Waals surface area contributed by atoms with Crippen LogP contribution < -0.4 is 5.32 Å². The average molecular weight is 1410 g/mol. The molecule has 17 unspecified atom stereocenters. The van der Waals surface area contributed by atoms with Crippen molar-refractivity contribution in [2.45, 2.75) is 426 Å². The molecule has 0 bridgehead atoms. The standard InChI is InChI=1S/C80H147NO18/c1-3-5-7-9-11-13-15-17-19-20-21-22-23-24-25-26-27-28-29-30-31-32-33-34-35-36-37-38-39-40-41-42-44-46-48-50-52-54-56-58-68(86)81-63(64(85)57-55-53-51-49-47-45-43-18-16-14-12-10-8-6-4-2)62-94-78-74(92)71(89)76(66(60-83)96-78)99-80-75(93)72(90)77(67(61-84)97-80)98-79-73(91)70(88)69(87)65(59-82)95-79/h5,7,11,13,17,19,21-22,63-67,69-80,82-85,87-93H,3-4,6,8-10,12,14-16,18,20,23-62H2,1-2H3,(H,81,86)/b7-5-,13-11-,19-17-,22-21-. The summed E-state index contributed by atoms with van der Waals surface area (Å²) in [5, 5.41) is 121. The highest BCUT2D eigenvalue weighted by atomic mass is 16.8. The highest BCUT2D eigenvalue weighted by Crippen LogP contribution is 2.33. The van der Waals surface area contributed by atoms with Crippen LogP contribution in [0.25, 0.3) is 0 Å². The first-order valence-corrected chi connectivity index (χ1v) is 40.4. The fourth-order valence-corrected chi connectivity index (χ4v) is 13.7. The summed E-state index contributed by atoms with van der Waals surface area (Å²) in [6, 6.07) is -0.885. The van der Waals surface area contributed by atoms with Crippen molar-refractivity contribution in [1.29, 1.82) is 0 Å². The molecule has 0 aromatic heterocycles. The van der Waals surface area contributed by atoms with E-state index < -0.39 is 124 Å². The van der Waals surface area contributed by atoms with Crippen LogP contribution in [-0.2, 0) is 33.2 Å². The number of hydrogen-bond donors (Lipinski definition) is 12. The number of unbranched alkanes of at least 4 members (excludes halogenated alkanes) is 40. The number of aliphatic hydroxyl groups excluding tert-OH is 11. The van der Waals surface area contributed by atoms with E-state index in [0.717, 1.165) is 70.6 Å². The third-order valence-corrected chi connectivity index (χ3v) is 20.2. The van der Waals surface area contributed by atoms with Crippen LogP contribution in [0.1, 0.15) is 322 Å². The lowest BCUT2D eigenvalue weighted by molar-refractivity contribution is -0.379. The second kappa shape index (κ2) is 61.0. The highest BCUT2D eigenvalue weighted by Gasteiger charge is 2.54. The minimum Gasteiger partial charge on any atom is -0.394 e. The van der Waals surface area contributed by atoms with E-state index in [9.17, 15) is 61.0 Å². The van der Waals surface area contributed by atoms with Crippen molar-refractivity contribution >= 4 is 5.91 Å². The molecule has 17 atom stereocenters. The molecule has 19 nitrogen and oxygen atoms in total. The SMILES string of the molecule is CC/C=C\C/C=C\C/C=C\C/C=C\CCCCCCCCCCCCCCCCCCCCCCCCCCCCC(=O)NC(COC1OC(CO)C(OC2OC(CO)C(OC3OC(CO)C(O)C(O)C3O)C(O)C2O)C(O)C1O)C(O)CCCCCCCCCCCCCCCCC. The average Bonchev–Trinajstić information content (AvgIpc) is 0.784. The molecule has 0 saturated carbocycles. The van der Waals surface area contributed by atoms with Crippen LogP contribution in [-0.4, -0.2) is 193 Å². The third kappa shape index (κ3) is 41.3. The van der Waals surface area contributed by atoms with Crippen molar-refractivity contribution in [3.63, 3.8) is 0 Å². The highest BCUT2D eigenvalue weighted by molar-refractivity contribution is 5.76. The zero-order valence-electron chi connectivity index (χ0n) is 62.0. The Morgan fingerprint density at radius 1 is 0.374 bits per heavy atom. The van der Waals surface area contributed by atoms with Gasteiger partial charge in [0.25, 0.3) is 0 Å². The van der Waals surface area contributed by atoms with Gasteiger partial charge in [-0.15, -0.1) is 0 Å². The Balaban J connectivity index is 1.28. The zero-order chi connectivity index (χ0) is 71.8. The molecule has 0 radical (unpaired) electrons. The van der Waals surface area contributed by atoms with Gasteiger partial charge in [0.05, 0.1) is 38.6 Å². The second-order valence-corrected chi connectivity index (χ2v) is 28.9. The molecular formula is C80H147NO18. The van der Waals surface area contributed by atoms with Crippen molar-refractivity contribution in [2.75, 3.05) is 26.4 Å². The molecule has 3 heterocycles. The summed E-state index contributed by atoms with van der Waals surface area (Å²) in [5.74, 6) is -0.237. The zero-order valence-corrected chi connectivity index (χ0v) is 62.0. The molecule has 99 heavy (non-hydrogen) atoms. The molecule has 19 heteroatoms. The molecular weight excluding hydrogens is 1260 g/mol. The van der Waals surface area contributed by atoms with Crippen LogP contribution in [0.5, 0.6) is 0 Å². The van der Waals surface area contributed by atoms with Gasteiger partial charge in [0.15, 0.2) is 18.9 Å². The van der Waals surface area contributed by atoms with E-state index >= 15 is 0 Å². The van der Waals surface area contributed by atoms with Crippen LogP contribution >= 0.6 is 0 Å². The maximum Gasteiger partial charge on any atom is 0.220 e. The summed E-state index contributed by atoms with van der Waals surface area (Å²) in [7, 11) is 0. The van der Waals surface area contributed by atoms with Gasteiger partial charge in [-0.25, -0.2) is 0 Å². The molecule has 3 aliphatic rings. The molecule has 1 amide bonds. The number of aliphatic hydroxyl groups is 11. The van der Waals surface area contributed by atoms with Gasteiger partial charge in [0.2, 0.25) is 5.91 Å². The molecule has 3 saturated heterocycles. The van der Waals surface area contributed by atoms with E-state index in [1.54, 1.807) is 0 Å². The molecule has 3 fully saturated rings. The number of hydrogen-bond acceptors (Lipinski definition) is 18. The van der Waals surface area contributed by atoms with Gasteiger partial charge in [0, 0.05) is 6.42 Å². The van der Waals surface area contributed by atoms with Crippen LogP contribution in [0.2, 0.25) is 0 Å². The molecule has 3 aliphatic heterocycles. The van der Waals surface area contributed by atoms with E-state index in [1.807, 2.05) is 0 Å². The van der Waals surface area contributed by atoms with Gasteiger partial charge in [-0.2, -0.15) is 0 Å². The first-order valence-electron chi connectivity index (χ1n) is 40.4. The van der Waals surface area contributed by atoms with Gasteiger partial charge in [0.1, 0.15) is 73.2 Å². The summed E-state index contributed by atoms with van der Waals surface area (Å²) in [4.78, 5) is 13.5. The van der Waals surface area contributed by atoms with E-state index in [-0.39, 0.29) is 18.9 Å². The Kier molecular flexibility index (Phi) is 56.0. The van der Waals surface area contributed by atoms with Gasteiger partial charge in [-0.3, -0.25) is 4.79 Å². The van der Waals surface area contributed by atoms with Crippen molar-refractivity contribution in [3.8, 4) is 0 Å². The molecule has 0 spiro atoms. The topological polar surface area (TPSA) is 307 Å². The fraction of sp³-hybridized carbons (Fsp3) is 0.887. The number of amides is 1. The lowest BCUT2D eigenvalue weighted by atomic mass is 9.96. The summed E-state index contributed by atoms with van der Waals surface area (Å²) < 4.78 is 34.5. The largest absolute Gasteiger partial charge is 0.394 e. The molecule has 3 rings (SSSR count). The maximum atomic E-state index is 13.5. The van der Waals surface area contributed by atoms with Crippen LogP contribution in [0.3, 0.4) is 0 Å². The Morgan fingerprint density at radius 2 is 0.697 bits per heavy atom. The molecule has 0 aliphatic carbocycles. The van der Waals surface area contributed by atoms with Crippen LogP contribution in [0.15, 0.2) is 48.6 Å². The summed E-state index contributed by atoms with van der Waals surface area (Å²) >= 11 is 0. The monoisotopic (exact) mass is 1410 g/mol. The summed E-state index contributed by atoms with van der Waals surface area (Å²) in [6.07, 6.45) is 49.4. The Morgan fingerprint density at radius 3 is 1.09 bits per heavy atom. The van der Waals surface area contributed by atoms with Crippen molar-refractivity contribution in [1.82, 2.24) is 5.32 Å². The molecule has 0 aromatic rings. The first-order chi connectivity index (χ1) is 48.3. The number of allylic oxidation sites excluding steroid dienone is 8. The third-order valence-electron chi connectivity index (χ3n) is 20.2. The van der Waals surface area contributed by atoms with Gasteiger partial charge >= 0.3 is 0 Å². The van der Waals surface area contributed by atoms with Crippen molar-refractivity contribution in [2.24, 2.45) is 0 Å². The Labute approximate surface area is 599 Å². The molecule has 0 aromatic carbocycles. The number of rotatable bonds is 64. The quantitative estimate of drug-likeness (QED) is 0.0199. The lowest BCUT2D eigenvalue weighted by Gasteiger charge is -2.48. The fourth-order valence-electron chi connectivity index (χ4n) is 13.7. The van der Waals surface area contributed by atoms with E-state index in [2.05, 4.69) is 67.8 Å². The van der Waals surface area contributed by atoms with Crippen LogP contribution in [0.4, 0.5) is 0 Å². The normalized spacial score (nSPS) is 26.8. The van der Waals surface area contributed by atoms with E-state index in [4.69, 9.17) is 28.4 Å². The minimum atomic E-state index is -1.97. The van der Waals surface area contributed by atoms with E-state index in [0.29, 0.717) is 12.8 Å². The maximum absolute atomic E-state index is 13.5. The van der Waals surface area contributed by atoms with Crippen molar-refractivity contribution < 1.29 is 89.4 Å². The Bertz CT molecular complexity index is 1980. The first kappa shape index (κ1) is 91.0. The number of nitrogens with one attached hydrogen (secondary N) is 1. The van der Waals surface area contributed by atoms with Gasteiger partial charge < -0.3 is 89.9 Å². The van der Waals surface area contributed by atoms with Crippen LogP contribution in [0, 0.1) is 0 Å². The summed E-state index contributed by atoms with van der Waals surface area (Å²) in [5.41, 5.74) is 0. The van der Waals surface area contributed by atoms with E-state index in [1.165, 1.54) is 218 Å². The predicted molar refractivity (Wildman–Crippen MR) is 392 cm³/mol. The van der Waals surface area contributed by atoms with Gasteiger partial charge in [-0.1, -0.05) is 313 Å².